The summed E-state index contributed by atoms with van der Waals surface area (Å²) < 4.78 is 5.72. The molecule has 1 heterocycles. The summed E-state index contributed by atoms with van der Waals surface area (Å²) in [6.07, 6.45) is 1.34. The maximum atomic E-state index is 10.9. The van der Waals surface area contributed by atoms with Crippen LogP contribution in [0.2, 0.25) is 5.02 Å². The second-order valence-corrected chi connectivity index (χ2v) is 5.24. The number of hydrogen-bond acceptors (Lipinski definition) is 3. The second-order valence-electron chi connectivity index (χ2n) is 4.80. The summed E-state index contributed by atoms with van der Waals surface area (Å²) in [5, 5.41) is 10.4. The molecule has 0 atom stereocenters. The summed E-state index contributed by atoms with van der Waals surface area (Å²) in [6.45, 7) is 0.426. The molecule has 0 saturated heterocycles. The zero-order chi connectivity index (χ0) is 15.5. The summed E-state index contributed by atoms with van der Waals surface area (Å²) in [6, 6.07) is 14.4. The van der Waals surface area contributed by atoms with E-state index in [1.165, 1.54) is 6.20 Å². The summed E-state index contributed by atoms with van der Waals surface area (Å²) in [5.41, 5.74) is 1.87. The van der Waals surface area contributed by atoms with Crippen LogP contribution in [0.3, 0.4) is 0 Å². The molecular weight excluding hydrogens is 302 g/mol. The molecule has 3 aromatic rings. The molecule has 0 spiro atoms. The lowest BCUT2D eigenvalue weighted by molar-refractivity contribution is 0.0696. The fourth-order valence-corrected chi connectivity index (χ4v) is 2.18. The smallest absolute Gasteiger partial charge is 0.337 e. The van der Waals surface area contributed by atoms with Gasteiger partial charge in [-0.3, -0.25) is 4.98 Å². The van der Waals surface area contributed by atoms with Crippen LogP contribution in [0.4, 0.5) is 0 Å². The van der Waals surface area contributed by atoms with Crippen LogP contribution in [0, 0.1) is 0 Å². The Morgan fingerprint density at radius 1 is 1.14 bits per heavy atom. The van der Waals surface area contributed by atoms with Crippen molar-refractivity contribution in [2.24, 2.45) is 0 Å². The van der Waals surface area contributed by atoms with Crippen LogP contribution in [0.25, 0.3) is 10.9 Å². The van der Waals surface area contributed by atoms with Crippen LogP contribution in [0.5, 0.6) is 5.75 Å². The predicted molar refractivity (Wildman–Crippen MR) is 84.5 cm³/mol. The molecule has 0 aliphatic heterocycles. The van der Waals surface area contributed by atoms with Gasteiger partial charge < -0.3 is 9.84 Å². The SMILES string of the molecule is O=C(O)c1cnc2cc(OCc3ccc(Cl)cc3)ccc2c1. The highest BCUT2D eigenvalue weighted by atomic mass is 35.5. The van der Waals surface area contributed by atoms with Crippen LogP contribution in [0.15, 0.2) is 54.7 Å². The first kappa shape index (κ1) is 14.4. The Kier molecular flexibility index (Phi) is 3.94. The molecular formula is C17H12ClNO3. The summed E-state index contributed by atoms with van der Waals surface area (Å²) in [5.74, 6) is -0.310. The third-order valence-electron chi connectivity index (χ3n) is 3.22. The maximum Gasteiger partial charge on any atom is 0.337 e. The van der Waals surface area contributed by atoms with Gasteiger partial charge in [0.1, 0.15) is 12.4 Å². The number of halogens is 1. The lowest BCUT2D eigenvalue weighted by Gasteiger charge is -2.07. The molecule has 0 unspecified atom stereocenters. The van der Waals surface area contributed by atoms with Gasteiger partial charge in [-0.1, -0.05) is 23.7 Å². The van der Waals surface area contributed by atoms with Gasteiger partial charge in [0.05, 0.1) is 11.1 Å². The minimum absolute atomic E-state index is 0.169. The van der Waals surface area contributed by atoms with Crippen molar-refractivity contribution < 1.29 is 14.6 Å². The van der Waals surface area contributed by atoms with Gasteiger partial charge in [-0.05, 0) is 35.9 Å². The first-order chi connectivity index (χ1) is 10.6. The van der Waals surface area contributed by atoms with Crippen molar-refractivity contribution in [1.82, 2.24) is 4.98 Å². The van der Waals surface area contributed by atoms with Gasteiger partial charge in [0.15, 0.2) is 0 Å². The Hall–Kier alpha value is -2.59. The molecule has 5 heteroatoms. The van der Waals surface area contributed by atoms with Gasteiger partial charge in [-0.2, -0.15) is 0 Å². The topological polar surface area (TPSA) is 59.4 Å². The molecule has 0 fully saturated rings. The van der Waals surface area contributed by atoms with Gasteiger partial charge in [0, 0.05) is 22.7 Å². The Labute approximate surface area is 131 Å². The van der Waals surface area contributed by atoms with E-state index in [2.05, 4.69) is 4.98 Å². The van der Waals surface area contributed by atoms with Crippen molar-refractivity contribution in [3.05, 3.63) is 70.9 Å². The fraction of sp³-hybridized carbons (Fsp3) is 0.0588. The number of carboxylic acids is 1. The summed E-state index contributed by atoms with van der Waals surface area (Å²) in [4.78, 5) is 15.1. The average Bonchev–Trinajstić information content (AvgIpc) is 2.53. The Morgan fingerprint density at radius 3 is 2.64 bits per heavy atom. The van der Waals surface area contributed by atoms with Crippen molar-refractivity contribution in [2.75, 3.05) is 0 Å². The zero-order valence-corrected chi connectivity index (χ0v) is 12.2. The molecule has 0 radical (unpaired) electrons. The van der Waals surface area contributed by atoms with Crippen molar-refractivity contribution in [3.8, 4) is 5.75 Å². The van der Waals surface area contributed by atoms with Crippen molar-refractivity contribution in [2.45, 2.75) is 6.61 Å². The van der Waals surface area contributed by atoms with E-state index >= 15 is 0 Å². The van der Waals surface area contributed by atoms with E-state index in [9.17, 15) is 4.79 Å². The van der Waals surface area contributed by atoms with E-state index in [1.807, 2.05) is 24.3 Å². The molecule has 2 aromatic carbocycles. The van der Waals surface area contributed by atoms with E-state index < -0.39 is 5.97 Å². The highest BCUT2D eigenvalue weighted by Gasteiger charge is 2.06. The van der Waals surface area contributed by atoms with E-state index in [0.29, 0.717) is 22.9 Å². The third kappa shape index (κ3) is 3.18. The Bertz CT molecular complexity index is 831. The molecule has 22 heavy (non-hydrogen) atoms. The highest BCUT2D eigenvalue weighted by molar-refractivity contribution is 6.30. The number of nitrogens with zero attached hydrogens (tertiary/aromatic N) is 1. The fourth-order valence-electron chi connectivity index (χ4n) is 2.06. The van der Waals surface area contributed by atoms with Gasteiger partial charge in [0.25, 0.3) is 0 Å². The lowest BCUT2D eigenvalue weighted by atomic mass is 10.1. The zero-order valence-electron chi connectivity index (χ0n) is 11.5. The molecule has 3 rings (SSSR count). The number of carbonyl (C=O) groups is 1. The average molecular weight is 314 g/mol. The molecule has 4 nitrogen and oxygen atoms in total. The van der Waals surface area contributed by atoms with Crippen LogP contribution < -0.4 is 4.74 Å². The number of aromatic carboxylic acids is 1. The van der Waals surface area contributed by atoms with E-state index in [-0.39, 0.29) is 5.56 Å². The molecule has 0 aliphatic rings. The highest BCUT2D eigenvalue weighted by Crippen LogP contribution is 2.21. The standard InChI is InChI=1S/C17H12ClNO3/c18-14-4-1-11(2-5-14)10-22-15-6-3-12-7-13(17(20)21)9-19-16(12)8-15/h1-9H,10H2,(H,20,21). The molecule has 1 aromatic heterocycles. The van der Waals surface area contributed by atoms with Crippen molar-refractivity contribution >= 4 is 28.5 Å². The normalized spacial score (nSPS) is 10.6. The van der Waals surface area contributed by atoms with Gasteiger partial charge in [-0.15, -0.1) is 0 Å². The number of rotatable bonds is 4. The second kappa shape index (κ2) is 6.03. The number of hydrogen-bond donors (Lipinski definition) is 1. The van der Waals surface area contributed by atoms with Gasteiger partial charge >= 0.3 is 5.97 Å². The van der Waals surface area contributed by atoms with Crippen LogP contribution in [0.1, 0.15) is 15.9 Å². The first-order valence-electron chi connectivity index (χ1n) is 6.62. The number of fused-ring (bicyclic) bond motifs is 1. The molecule has 0 aliphatic carbocycles. The van der Waals surface area contributed by atoms with Crippen molar-refractivity contribution in [3.63, 3.8) is 0 Å². The largest absolute Gasteiger partial charge is 0.489 e. The van der Waals surface area contributed by atoms with E-state index in [0.717, 1.165) is 10.9 Å². The third-order valence-corrected chi connectivity index (χ3v) is 3.47. The number of aromatic nitrogens is 1. The van der Waals surface area contributed by atoms with Crippen molar-refractivity contribution in [1.29, 1.82) is 0 Å². The van der Waals surface area contributed by atoms with Gasteiger partial charge in [-0.25, -0.2) is 4.79 Å². The van der Waals surface area contributed by atoms with Gasteiger partial charge in [0.2, 0.25) is 0 Å². The molecule has 0 bridgehead atoms. The summed E-state index contributed by atoms with van der Waals surface area (Å²) >= 11 is 5.84. The molecule has 110 valence electrons. The number of ether oxygens (including phenoxy) is 1. The van der Waals surface area contributed by atoms with Crippen LogP contribution >= 0.6 is 11.6 Å². The molecule has 0 saturated carbocycles. The quantitative estimate of drug-likeness (QED) is 0.785. The van der Waals surface area contributed by atoms with Crippen LogP contribution in [-0.4, -0.2) is 16.1 Å². The minimum atomic E-state index is -0.988. The lowest BCUT2D eigenvalue weighted by Crippen LogP contribution is -1.98. The first-order valence-corrected chi connectivity index (χ1v) is 7.00. The summed E-state index contributed by atoms with van der Waals surface area (Å²) in [7, 11) is 0. The monoisotopic (exact) mass is 313 g/mol. The predicted octanol–water partition coefficient (Wildman–Crippen LogP) is 4.17. The Balaban J connectivity index is 1.78. The Morgan fingerprint density at radius 2 is 1.91 bits per heavy atom. The minimum Gasteiger partial charge on any atom is -0.489 e. The molecule has 0 amide bonds. The molecule has 1 N–H and O–H groups in total. The number of pyridine rings is 1. The maximum absolute atomic E-state index is 10.9. The van der Waals surface area contributed by atoms with E-state index in [4.69, 9.17) is 21.4 Å². The van der Waals surface area contributed by atoms with E-state index in [1.54, 1.807) is 24.3 Å². The number of benzene rings is 2. The van der Waals surface area contributed by atoms with Crippen LogP contribution in [-0.2, 0) is 6.61 Å². The number of carboxylic acid groups (broad SMARTS) is 1.